The van der Waals surface area contributed by atoms with Gasteiger partial charge in [-0.3, -0.25) is 41.6 Å². The summed E-state index contributed by atoms with van der Waals surface area (Å²) in [5.74, 6) is 0.0154. The molecule has 16 atom stereocenters. The summed E-state index contributed by atoms with van der Waals surface area (Å²) < 4.78 is 117. The first-order valence-corrected chi connectivity index (χ1v) is 28.8. The Labute approximate surface area is 436 Å². The predicted molar refractivity (Wildman–Crippen MR) is 255 cm³/mol. The molecule has 0 aliphatic carbocycles. The zero-order valence-corrected chi connectivity index (χ0v) is 44.6. The van der Waals surface area contributed by atoms with Crippen LogP contribution in [0.4, 0.5) is 17.6 Å². The number of nitrogen functional groups attached to an aromatic ring is 2. The molecule has 78 heavy (non-hydrogen) atoms. The second-order valence-electron chi connectivity index (χ2n) is 17.6. The van der Waals surface area contributed by atoms with Crippen LogP contribution in [0.25, 0.3) is 33.5 Å². The van der Waals surface area contributed by atoms with Gasteiger partial charge in [0.15, 0.2) is 41.7 Å². The van der Waals surface area contributed by atoms with Crippen LogP contribution in [0.15, 0.2) is 36.4 Å². The molecule has 42 heteroatoms. The van der Waals surface area contributed by atoms with Gasteiger partial charge < -0.3 is 75.4 Å². The van der Waals surface area contributed by atoms with Crippen molar-refractivity contribution in [3.05, 3.63) is 42.0 Å². The van der Waals surface area contributed by atoms with Crippen molar-refractivity contribution in [2.24, 2.45) is 7.05 Å². The average molecular weight is 1190 g/mol. The zero-order valence-electron chi connectivity index (χ0n) is 41.0. The molecule has 9 rings (SSSR count). The minimum atomic E-state index is -6.19. The molecule has 13 N–H and O–H groups in total. The number of fused-ring (bicyclic) bond motifs is 3. The minimum Gasteiger partial charge on any atom is -0.387 e. The summed E-state index contributed by atoms with van der Waals surface area (Å²) in [5, 5.41) is 35.8. The lowest BCUT2D eigenvalue weighted by Crippen LogP contribution is -2.46. The number of methoxy groups -OCH3 is 1. The Morgan fingerprint density at radius 3 is 1.96 bits per heavy atom. The molecule has 0 spiro atoms. The number of anilines is 3. The minimum absolute atomic E-state index is 0.0127. The number of phosphoric ester groups is 3. The second kappa shape index (κ2) is 22.2. The van der Waals surface area contributed by atoms with Crippen molar-refractivity contribution >= 4 is 82.4 Å². The summed E-state index contributed by atoms with van der Waals surface area (Å²) in [4.78, 5) is 86.6. The molecule has 3 fully saturated rings. The molecule has 7 unspecified atom stereocenters. The van der Waals surface area contributed by atoms with Gasteiger partial charge in [-0.05, 0) is 13.8 Å². The average Bonchev–Trinajstić information content (AvgIpc) is 4.29. The van der Waals surface area contributed by atoms with E-state index < -0.39 is 136 Å². The SMILES string of the molecule is CNc1ncnc2c1ncn2[C@@H]1O[C@H](COP(=O)(O)OP(=O)(O)OP(=O)(O)OC[C@H]2O[C@@H]([n+]3cn(C)c4c(=O)[nH]c(N)nc43)C(O)[C@H]2O)[C@H](OP(=O)(O)OC[C@H]2O[C@@H](n3cnc4c(N)ncnc43)C(O)[C@H]2OC(C)C)C1OC. The first kappa shape index (κ1) is 57.7. The molecule has 6 aromatic rings. The highest BCUT2D eigenvalue weighted by Gasteiger charge is 2.54. The second-order valence-corrected chi connectivity index (χ2v) is 23.7. The van der Waals surface area contributed by atoms with Gasteiger partial charge in [0, 0.05) is 14.2 Å². The third-order valence-corrected chi connectivity index (χ3v) is 17.3. The number of nitrogens with two attached hydrogens (primary N) is 2. The van der Waals surface area contributed by atoms with E-state index >= 15 is 0 Å². The van der Waals surface area contributed by atoms with Crippen LogP contribution in [0.3, 0.4) is 0 Å². The van der Waals surface area contributed by atoms with Crippen LogP contribution < -0.4 is 26.9 Å². The molecule has 9 heterocycles. The van der Waals surface area contributed by atoms with E-state index in [2.05, 4.69) is 53.8 Å². The number of aromatic amines is 1. The van der Waals surface area contributed by atoms with Crippen molar-refractivity contribution in [1.29, 1.82) is 0 Å². The number of aliphatic hydroxyl groups excluding tert-OH is 3. The number of hydrogen-bond acceptors (Lipinski definition) is 29. The molecule has 428 valence electrons. The Bertz CT molecular complexity index is 3440. The normalized spacial score (nSPS) is 29.8. The van der Waals surface area contributed by atoms with E-state index in [1.54, 1.807) is 20.9 Å². The topological polar surface area (TPSA) is 517 Å². The molecule has 3 saturated heterocycles. The summed E-state index contributed by atoms with van der Waals surface area (Å²) >= 11 is 0. The predicted octanol–water partition coefficient (Wildman–Crippen LogP) is -2.11. The van der Waals surface area contributed by atoms with E-state index in [1.807, 2.05) is 0 Å². The van der Waals surface area contributed by atoms with Crippen molar-refractivity contribution < 1.29 is 108 Å². The van der Waals surface area contributed by atoms with Gasteiger partial charge in [0.05, 0.1) is 45.6 Å². The van der Waals surface area contributed by atoms with Gasteiger partial charge in [-0.1, -0.05) is 4.98 Å². The molecule has 0 amide bonds. The number of hydrogen-bond donors (Lipinski definition) is 11. The molecule has 6 aromatic heterocycles. The van der Waals surface area contributed by atoms with Gasteiger partial charge in [-0.2, -0.15) is 8.62 Å². The number of aliphatic hydroxyl groups is 3. The lowest BCUT2D eigenvalue weighted by Gasteiger charge is -2.27. The molecule has 38 nitrogen and oxygen atoms in total. The fourth-order valence-corrected chi connectivity index (χ4v) is 13.3. The van der Waals surface area contributed by atoms with Gasteiger partial charge in [0.1, 0.15) is 78.6 Å². The molecular weight excluding hydrogens is 1130 g/mol. The number of imidazole rings is 3. The summed E-state index contributed by atoms with van der Waals surface area (Å²) in [6.07, 6.45) is -12.9. The number of ether oxygens (including phenoxy) is 5. The van der Waals surface area contributed by atoms with Gasteiger partial charge >= 0.3 is 36.9 Å². The Hall–Kier alpha value is -4.95. The molecule has 0 saturated carbocycles. The van der Waals surface area contributed by atoms with E-state index in [1.165, 1.54) is 52.4 Å². The summed E-state index contributed by atoms with van der Waals surface area (Å²) in [6, 6.07) is 0. The van der Waals surface area contributed by atoms with Crippen LogP contribution in [0, 0.1) is 0 Å². The van der Waals surface area contributed by atoms with Crippen molar-refractivity contribution in [3.8, 4) is 0 Å². The summed E-state index contributed by atoms with van der Waals surface area (Å²) in [5.41, 5.74) is 11.6. The fraction of sp³-hybridized carbons (Fsp3) is 0.583. The van der Waals surface area contributed by atoms with Crippen LogP contribution in [0.5, 0.6) is 0 Å². The zero-order chi connectivity index (χ0) is 56.4. The maximum atomic E-state index is 14.0. The van der Waals surface area contributed by atoms with Crippen molar-refractivity contribution in [2.75, 3.05) is 50.8 Å². The maximum absolute atomic E-state index is 14.0. The lowest BCUT2D eigenvalue weighted by molar-refractivity contribution is -0.745. The number of aryl methyl sites for hydroxylation is 1. The number of nitrogens with zero attached hydrogens (tertiary/aromatic N) is 11. The van der Waals surface area contributed by atoms with E-state index in [-0.39, 0.29) is 51.1 Å². The number of aromatic nitrogens is 12. The first-order valence-electron chi connectivity index (χ1n) is 22.8. The molecule has 0 radical (unpaired) electrons. The third-order valence-electron chi connectivity index (χ3n) is 12.1. The Morgan fingerprint density at radius 2 is 1.32 bits per heavy atom. The van der Waals surface area contributed by atoms with Crippen LogP contribution >= 0.6 is 31.3 Å². The molecule has 0 aromatic carbocycles. The Kier molecular flexibility index (Phi) is 16.4. The third kappa shape index (κ3) is 11.8. The van der Waals surface area contributed by atoms with Crippen molar-refractivity contribution in [3.63, 3.8) is 0 Å². The largest absolute Gasteiger partial charge is 0.490 e. The van der Waals surface area contributed by atoms with Crippen molar-refractivity contribution in [1.82, 2.24) is 53.6 Å². The maximum Gasteiger partial charge on any atom is 0.490 e. The number of H-pyrrole nitrogens is 1. The summed E-state index contributed by atoms with van der Waals surface area (Å²) in [6.45, 7) is 0.198. The number of nitrogens with one attached hydrogen (secondary N) is 2. The Balaban J connectivity index is 0.881. The van der Waals surface area contributed by atoms with E-state index in [9.17, 15) is 57.9 Å². The monoisotopic (exact) mass is 1190 g/mol. The van der Waals surface area contributed by atoms with Gasteiger partial charge in [0.2, 0.25) is 11.7 Å². The number of phosphoric acid groups is 4. The highest BCUT2D eigenvalue weighted by atomic mass is 31.3. The van der Waals surface area contributed by atoms with Gasteiger partial charge in [-0.15, -0.1) is 0 Å². The molecule has 3 aliphatic heterocycles. The molecular formula is C36H52N15O23P4+. The fourth-order valence-electron chi connectivity index (χ4n) is 8.85. The smallest absolute Gasteiger partial charge is 0.387 e. The van der Waals surface area contributed by atoms with Crippen LogP contribution in [0.1, 0.15) is 32.5 Å². The number of rotatable bonds is 22. The van der Waals surface area contributed by atoms with Crippen molar-refractivity contribution in [2.45, 2.75) is 93.6 Å². The van der Waals surface area contributed by atoms with E-state index in [4.69, 9.17) is 53.2 Å². The quantitative estimate of drug-likeness (QED) is 0.0256. The molecule has 0 bridgehead atoms. The van der Waals surface area contributed by atoms with Gasteiger partial charge in [0.25, 0.3) is 11.5 Å². The van der Waals surface area contributed by atoms with E-state index in [0.29, 0.717) is 0 Å². The molecule has 3 aliphatic rings. The van der Waals surface area contributed by atoms with Crippen LogP contribution in [-0.4, -0.2) is 183 Å². The van der Waals surface area contributed by atoms with Gasteiger partial charge in [-0.25, -0.2) is 52.7 Å². The van der Waals surface area contributed by atoms with E-state index in [0.717, 1.165) is 11.7 Å². The highest BCUT2D eigenvalue weighted by Crippen LogP contribution is 2.68. The first-order chi connectivity index (χ1) is 36.7. The highest BCUT2D eigenvalue weighted by molar-refractivity contribution is 7.66. The van der Waals surface area contributed by atoms with Crippen LogP contribution in [-0.2, 0) is 75.7 Å². The lowest BCUT2D eigenvalue weighted by atomic mass is 10.1. The standard InChI is InChI=1S/C36H51N15O23P4/c1-14(2)68-24-16(70-34(23(24)54)49-11-44-18-27(37)40-9-42-29(18)49)7-65-75(56,57)72-25-17(71-35(26(25)64-5)50-12-45-19-28(39-3)41-10-43-30(19)50)8-67-77(60,61)74-78(62,63)73-76(58,59)66-6-15-21(52)22(53)33(69-15)51-13-48(4)20-31(51)46-36(38)47-32(20)55/h9-17,21-26,33-35,52-54H,6-8H2,1-5H3,(H9-,37,38,39,40,41,42,43,46,47,55,56,57,58,59,60,61,62,63)/p+1/t15-,16-,17-,21+,22?,23?,24+,25+,26?,33-,34-,35-/m1/s1. The summed E-state index contributed by atoms with van der Waals surface area (Å²) in [7, 11) is -19.2. The van der Waals surface area contributed by atoms with Crippen LogP contribution in [0.2, 0.25) is 0 Å². The Morgan fingerprint density at radius 1 is 0.744 bits per heavy atom.